The van der Waals surface area contributed by atoms with Crippen molar-refractivity contribution < 1.29 is 9.59 Å². The van der Waals surface area contributed by atoms with Crippen LogP contribution in [0.1, 0.15) is 28.8 Å². The summed E-state index contributed by atoms with van der Waals surface area (Å²) >= 11 is 0. The van der Waals surface area contributed by atoms with Gasteiger partial charge in [-0.3, -0.25) is 4.79 Å². The molecule has 2 aliphatic rings. The highest BCUT2D eigenvalue weighted by Crippen LogP contribution is 2.28. The molecule has 1 spiro atoms. The van der Waals surface area contributed by atoms with E-state index in [1.165, 1.54) is 0 Å². The first-order valence-corrected chi connectivity index (χ1v) is 8.88. The van der Waals surface area contributed by atoms with Crippen LogP contribution in [0.4, 0.5) is 10.5 Å². The van der Waals surface area contributed by atoms with Crippen LogP contribution < -0.4 is 15.8 Å². The molecular weight excluding hydrogens is 328 g/mol. The summed E-state index contributed by atoms with van der Waals surface area (Å²) in [5.41, 5.74) is 5.37. The maximum absolute atomic E-state index is 12.8. The van der Waals surface area contributed by atoms with Crippen LogP contribution in [0.25, 0.3) is 0 Å². The maximum atomic E-state index is 12.8. The topological polar surface area (TPSA) is 64.7 Å². The predicted molar refractivity (Wildman–Crippen MR) is 99.6 cm³/mol. The van der Waals surface area contributed by atoms with Gasteiger partial charge in [0, 0.05) is 31.5 Å². The van der Waals surface area contributed by atoms with Gasteiger partial charge in [-0.25, -0.2) is 15.2 Å². The number of carbonyl (C=O) groups excluding carboxylic acids is 2. The van der Waals surface area contributed by atoms with E-state index in [1.54, 1.807) is 5.01 Å². The van der Waals surface area contributed by atoms with Gasteiger partial charge in [-0.2, -0.15) is 0 Å². The van der Waals surface area contributed by atoms with Gasteiger partial charge in [0.25, 0.3) is 5.91 Å². The lowest BCUT2D eigenvalue weighted by Gasteiger charge is -2.39. The molecule has 0 aliphatic carbocycles. The number of aryl methyl sites for hydroxylation is 1. The van der Waals surface area contributed by atoms with Crippen LogP contribution in [0.2, 0.25) is 0 Å². The fraction of sp³-hybridized carbons (Fsp3) is 0.300. The number of amides is 3. The summed E-state index contributed by atoms with van der Waals surface area (Å²) < 4.78 is 0. The molecule has 4 rings (SSSR count). The monoisotopic (exact) mass is 350 g/mol. The summed E-state index contributed by atoms with van der Waals surface area (Å²) in [5.74, 6) is 0.0576. The number of hydrazine groups is 1. The molecule has 134 valence electrons. The minimum Gasteiger partial charge on any atom is -0.338 e. The lowest BCUT2D eigenvalue weighted by molar-refractivity contribution is 0.0640. The largest absolute Gasteiger partial charge is 0.338 e. The van der Waals surface area contributed by atoms with Crippen molar-refractivity contribution in [1.29, 1.82) is 0 Å². The maximum Gasteiger partial charge on any atom is 0.338 e. The summed E-state index contributed by atoms with van der Waals surface area (Å²) in [6, 6.07) is 17.0. The molecule has 0 aromatic heterocycles. The molecule has 6 nitrogen and oxygen atoms in total. The van der Waals surface area contributed by atoms with Crippen molar-refractivity contribution in [2.24, 2.45) is 0 Å². The van der Waals surface area contributed by atoms with Gasteiger partial charge >= 0.3 is 6.03 Å². The molecule has 2 saturated heterocycles. The second-order valence-corrected chi connectivity index (χ2v) is 6.90. The number of hydrogen-bond acceptors (Lipinski definition) is 3. The van der Waals surface area contributed by atoms with Crippen molar-refractivity contribution in [1.82, 2.24) is 15.6 Å². The first-order valence-electron chi connectivity index (χ1n) is 8.88. The van der Waals surface area contributed by atoms with Gasteiger partial charge in [-0.15, -0.1) is 0 Å². The van der Waals surface area contributed by atoms with Crippen LogP contribution in [-0.4, -0.2) is 35.6 Å². The van der Waals surface area contributed by atoms with Gasteiger partial charge in [0.2, 0.25) is 0 Å². The quantitative estimate of drug-likeness (QED) is 0.875. The zero-order chi connectivity index (χ0) is 18.1. The summed E-state index contributed by atoms with van der Waals surface area (Å²) in [5, 5.41) is 4.62. The molecule has 2 aromatic carbocycles. The minimum absolute atomic E-state index is 0.0576. The fourth-order valence-electron chi connectivity index (χ4n) is 3.62. The SMILES string of the molecule is Cc1ccccc1C(=O)N1CCC2(CC1)NC(=O)N(c1ccccc1)N2. The van der Waals surface area contributed by atoms with Crippen LogP contribution in [0.3, 0.4) is 0 Å². The van der Waals surface area contributed by atoms with Gasteiger partial charge in [-0.05, 0) is 30.7 Å². The molecule has 3 amide bonds. The van der Waals surface area contributed by atoms with E-state index in [4.69, 9.17) is 0 Å². The average Bonchev–Trinajstić information content (AvgIpc) is 2.99. The Morgan fingerprint density at radius 1 is 1.00 bits per heavy atom. The summed E-state index contributed by atoms with van der Waals surface area (Å²) in [6.45, 7) is 3.15. The van der Waals surface area contributed by atoms with Crippen molar-refractivity contribution in [3.63, 3.8) is 0 Å². The van der Waals surface area contributed by atoms with Crippen LogP contribution in [0, 0.1) is 6.92 Å². The van der Waals surface area contributed by atoms with Gasteiger partial charge in [0.1, 0.15) is 5.66 Å². The Labute approximate surface area is 152 Å². The van der Waals surface area contributed by atoms with Gasteiger partial charge in [0.05, 0.1) is 5.69 Å². The number of urea groups is 1. The van der Waals surface area contributed by atoms with E-state index in [2.05, 4.69) is 10.7 Å². The fourth-order valence-corrected chi connectivity index (χ4v) is 3.62. The number of nitrogens with zero attached hydrogens (tertiary/aromatic N) is 2. The van der Waals surface area contributed by atoms with Crippen molar-refractivity contribution in [3.8, 4) is 0 Å². The minimum atomic E-state index is -0.491. The average molecular weight is 350 g/mol. The second kappa shape index (κ2) is 6.46. The number of anilines is 1. The Kier molecular flexibility index (Phi) is 4.12. The van der Waals surface area contributed by atoms with Crippen molar-refractivity contribution in [3.05, 3.63) is 65.7 Å². The Morgan fingerprint density at radius 2 is 1.65 bits per heavy atom. The molecule has 2 aliphatic heterocycles. The number of likely N-dealkylation sites (tertiary alicyclic amines) is 1. The number of carbonyl (C=O) groups is 2. The molecule has 0 unspecified atom stereocenters. The van der Waals surface area contributed by atoms with Crippen molar-refractivity contribution >= 4 is 17.6 Å². The summed E-state index contributed by atoms with van der Waals surface area (Å²) in [6.07, 6.45) is 1.33. The molecule has 2 aromatic rings. The zero-order valence-electron chi connectivity index (χ0n) is 14.7. The first kappa shape index (κ1) is 16.6. The van der Waals surface area contributed by atoms with E-state index in [0.717, 1.165) is 16.8 Å². The third kappa shape index (κ3) is 2.93. The smallest absolute Gasteiger partial charge is 0.338 e. The van der Waals surface area contributed by atoms with Gasteiger partial charge < -0.3 is 10.2 Å². The van der Waals surface area contributed by atoms with Crippen LogP contribution >= 0.6 is 0 Å². The van der Waals surface area contributed by atoms with E-state index in [0.29, 0.717) is 25.9 Å². The molecule has 26 heavy (non-hydrogen) atoms. The second-order valence-electron chi connectivity index (χ2n) is 6.90. The third-order valence-electron chi connectivity index (χ3n) is 5.17. The molecule has 0 atom stereocenters. The number of rotatable bonds is 2. The Hall–Kier alpha value is -2.86. The Balaban J connectivity index is 1.45. The molecule has 2 heterocycles. The van der Waals surface area contributed by atoms with E-state index in [9.17, 15) is 9.59 Å². The first-order chi connectivity index (χ1) is 12.6. The zero-order valence-corrected chi connectivity index (χ0v) is 14.7. The van der Waals surface area contributed by atoms with E-state index < -0.39 is 5.66 Å². The molecule has 2 fully saturated rings. The number of benzene rings is 2. The highest BCUT2D eigenvalue weighted by atomic mass is 16.2. The Morgan fingerprint density at radius 3 is 2.35 bits per heavy atom. The highest BCUT2D eigenvalue weighted by molar-refractivity contribution is 5.96. The van der Waals surface area contributed by atoms with Crippen molar-refractivity contribution in [2.45, 2.75) is 25.4 Å². The van der Waals surface area contributed by atoms with Gasteiger partial charge in [0.15, 0.2) is 0 Å². The van der Waals surface area contributed by atoms with E-state index in [-0.39, 0.29) is 11.9 Å². The predicted octanol–water partition coefficient (Wildman–Crippen LogP) is 2.66. The highest BCUT2D eigenvalue weighted by Gasteiger charge is 2.45. The lowest BCUT2D eigenvalue weighted by atomic mass is 9.97. The van der Waals surface area contributed by atoms with Crippen LogP contribution in [0.15, 0.2) is 54.6 Å². The standard InChI is InChI=1S/C20H22N4O2/c1-15-7-5-6-10-17(15)18(25)23-13-11-20(12-14-23)21-19(26)24(22-20)16-8-3-2-4-9-16/h2-10,22H,11-14H2,1H3,(H,21,26). The van der Waals surface area contributed by atoms with Crippen LogP contribution in [0.5, 0.6) is 0 Å². The third-order valence-corrected chi connectivity index (χ3v) is 5.17. The molecule has 6 heteroatoms. The summed E-state index contributed by atoms with van der Waals surface area (Å²) in [4.78, 5) is 27.1. The molecule has 0 radical (unpaired) electrons. The molecule has 2 N–H and O–H groups in total. The van der Waals surface area contributed by atoms with E-state index >= 15 is 0 Å². The number of piperidine rings is 1. The lowest BCUT2D eigenvalue weighted by Crippen LogP contribution is -2.58. The van der Waals surface area contributed by atoms with Crippen molar-refractivity contribution in [2.75, 3.05) is 18.1 Å². The molecular formula is C20H22N4O2. The van der Waals surface area contributed by atoms with E-state index in [1.807, 2.05) is 66.4 Å². The number of nitrogens with one attached hydrogen (secondary N) is 2. The molecule has 0 saturated carbocycles. The molecule has 0 bridgehead atoms. The number of hydrogen-bond donors (Lipinski definition) is 2. The summed E-state index contributed by atoms with van der Waals surface area (Å²) in [7, 11) is 0. The normalized spacial score (nSPS) is 18.9. The Bertz CT molecular complexity index is 829. The van der Waals surface area contributed by atoms with Gasteiger partial charge in [-0.1, -0.05) is 36.4 Å². The van der Waals surface area contributed by atoms with Crippen LogP contribution in [-0.2, 0) is 0 Å². The number of para-hydroxylation sites is 1.